The van der Waals surface area contributed by atoms with Crippen LogP contribution < -0.4 is 4.74 Å². The van der Waals surface area contributed by atoms with E-state index in [0.717, 1.165) is 22.6 Å². The SMILES string of the molecule is CC1(C)c2ccccc2-c2c(-c3ccc4cccc5c4c3Oc3ccccc3-5)cccc21. The van der Waals surface area contributed by atoms with Gasteiger partial charge >= 0.3 is 0 Å². The summed E-state index contributed by atoms with van der Waals surface area (Å²) in [5, 5.41) is 2.41. The van der Waals surface area contributed by atoms with Crippen molar-refractivity contribution in [3.8, 4) is 44.9 Å². The van der Waals surface area contributed by atoms with Crippen LogP contribution in [0.2, 0.25) is 0 Å². The van der Waals surface area contributed by atoms with Crippen molar-refractivity contribution in [1.82, 2.24) is 0 Å². The van der Waals surface area contributed by atoms with Gasteiger partial charge in [0.1, 0.15) is 11.5 Å². The summed E-state index contributed by atoms with van der Waals surface area (Å²) in [5.41, 5.74) is 10.2. The van der Waals surface area contributed by atoms with E-state index in [1.54, 1.807) is 0 Å². The highest BCUT2D eigenvalue weighted by Crippen LogP contribution is 2.55. The lowest BCUT2D eigenvalue weighted by Gasteiger charge is -2.25. The molecule has 0 aromatic heterocycles. The maximum Gasteiger partial charge on any atom is 0.143 e. The zero-order valence-electron chi connectivity index (χ0n) is 18.1. The summed E-state index contributed by atoms with van der Waals surface area (Å²) in [6.07, 6.45) is 0. The van der Waals surface area contributed by atoms with Gasteiger partial charge in [0.25, 0.3) is 0 Å². The molecule has 32 heavy (non-hydrogen) atoms. The fraction of sp³-hybridized carbons (Fsp3) is 0.0968. The van der Waals surface area contributed by atoms with Gasteiger partial charge in [-0.1, -0.05) is 98.8 Å². The quantitative estimate of drug-likeness (QED) is 0.264. The minimum absolute atomic E-state index is 0.0192. The molecule has 2 aliphatic rings. The molecule has 0 atom stereocenters. The Hall–Kier alpha value is -3.84. The normalized spacial score (nSPS) is 14.4. The van der Waals surface area contributed by atoms with Crippen LogP contribution in [0.15, 0.2) is 97.1 Å². The van der Waals surface area contributed by atoms with Crippen molar-refractivity contribution < 1.29 is 4.74 Å². The molecule has 0 saturated heterocycles. The fourth-order valence-corrected chi connectivity index (χ4v) is 5.76. The maximum atomic E-state index is 6.63. The molecule has 1 heterocycles. The molecule has 1 nitrogen and oxygen atoms in total. The molecule has 1 heteroatoms. The molecule has 0 N–H and O–H groups in total. The van der Waals surface area contributed by atoms with Crippen LogP contribution in [0.3, 0.4) is 0 Å². The molecule has 0 bridgehead atoms. The van der Waals surface area contributed by atoms with E-state index in [1.807, 2.05) is 6.07 Å². The maximum absolute atomic E-state index is 6.63. The van der Waals surface area contributed by atoms with E-state index in [9.17, 15) is 0 Å². The van der Waals surface area contributed by atoms with Gasteiger partial charge < -0.3 is 4.74 Å². The second-order valence-corrected chi connectivity index (χ2v) is 9.34. The first-order valence-electron chi connectivity index (χ1n) is 11.2. The Kier molecular flexibility index (Phi) is 3.40. The Morgan fingerprint density at radius 2 is 1.22 bits per heavy atom. The third kappa shape index (κ3) is 2.18. The standard InChI is InChI=1S/C31H22O/c1-31(2)25-14-5-3-11-24(25)29-22(13-8-15-26(29)31)23-18-17-19-9-7-12-21-20-10-4-6-16-27(20)32-30(23)28(19)21/h3-18H,1-2H3. The molecule has 0 unspecified atom stereocenters. The smallest absolute Gasteiger partial charge is 0.143 e. The minimum Gasteiger partial charge on any atom is -0.455 e. The highest BCUT2D eigenvalue weighted by atomic mass is 16.5. The van der Waals surface area contributed by atoms with Crippen LogP contribution in [0.5, 0.6) is 11.5 Å². The molecule has 5 aromatic rings. The second kappa shape index (κ2) is 6.11. The highest BCUT2D eigenvalue weighted by Gasteiger charge is 2.37. The third-order valence-corrected chi connectivity index (χ3v) is 7.28. The van der Waals surface area contributed by atoms with Crippen molar-refractivity contribution in [2.45, 2.75) is 19.3 Å². The summed E-state index contributed by atoms with van der Waals surface area (Å²) in [6.45, 7) is 4.66. The largest absolute Gasteiger partial charge is 0.455 e. The molecular weight excluding hydrogens is 388 g/mol. The molecule has 1 aliphatic heterocycles. The lowest BCUT2D eigenvalue weighted by molar-refractivity contribution is 0.489. The van der Waals surface area contributed by atoms with Gasteiger partial charge in [0.2, 0.25) is 0 Å². The van der Waals surface area contributed by atoms with Crippen molar-refractivity contribution >= 4 is 10.8 Å². The van der Waals surface area contributed by atoms with Gasteiger partial charge in [0.05, 0.1) is 0 Å². The summed E-state index contributed by atoms with van der Waals surface area (Å²) in [5.74, 6) is 1.89. The molecule has 0 amide bonds. The van der Waals surface area contributed by atoms with E-state index in [-0.39, 0.29) is 5.41 Å². The monoisotopic (exact) mass is 410 g/mol. The van der Waals surface area contributed by atoms with Crippen molar-refractivity contribution in [3.63, 3.8) is 0 Å². The number of rotatable bonds is 1. The number of hydrogen-bond acceptors (Lipinski definition) is 1. The minimum atomic E-state index is -0.0192. The van der Waals surface area contributed by atoms with Crippen molar-refractivity contribution in [2.75, 3.05) is 0 Å². The summed E-state index contributed by atoms with van der Waals surface area (Å²) in [6, 6.07) is 34.9. The molecule has 152 valence electrons. The highest BCUT2D eigenvalue weighted by molar-refractivity contribution is 6.09. The number of ether oxygens (including phenoxy) is 1. The summed E-state index contributed by atoms with van der Waals surface area (Å²) in [4.78, 5) is 0. The van der Waals surface area contributed by atoms with Gasteiger partial charge in [-0.05, 0) is 50.9 Å². The first-order chi connectivity index (χ1) is 15.6. The first-order valence-corrected chi connectivity index (χ1v) is 11.2. The average molecular weight is 411 g/mol. The van der Waals surface area contributed by atoms with Gasteiger partial charge in [0, 0.05) is 21.9 Å². The Labute approximate surface area is 187 Å². The summed E-state index contributed by atoms with van der Waals surface area (Å²) >= 11 is 0. The predicted molar refractivity (Wildman–Crippen MR) is 132 cm³/mol. The second-order valence-electron chi connectivity index (χ2n) is 9.34. The summed E-state index contributed by atoms with van der Waals surface area (Å²) < 4.78 is 6.63. The molecule has 0 spiro atoms. The van der Waals surface area contributed by atoms with Gasteiger partial charge in [-0.3, -0.25) is 0 Å². The van der Waals surface area contributed by atoms with Crippen LogP contribution >= 0.6 is 0 Å². The van der Waals surface area contributed by atoms with Crippen LogP contribution in [0.1, 0.15) is 25.0 Å². The number of fused-ring (bicyclic) bond motifs is 5. The molecule has 7 rings (SSSR count). The van der Waals surface area contributed by atoms with E-state index in [2.05, 4.69) is 105 Å². The number of benzene rings is 5. The van der Waals surface area contributed by atoms with Crippen LogP contribution in [0.4, 0.5) is 0 Å². The predicted octanol–water partition coefficient (Wildman–Crippen LogP) is 8.59. The molecule has 5 aromatic carbocycles. The van der Waals surface area contributed by atoms with E-state index in [4.69, 9.17) is 4.74 Å². The fourth-order valence-electron chi connectivity index (χ4n) is 5.76. The van der Waals surface area contributed by atoms with Gasteiger partial charge in [-0.2, -0.15) is 0 Å². The molecular formula is C31H22O. The van der Waals surface area contributed by atoms with Gasteiger partial charge in [-0.25, -0.2) is 0 Å². The van der Waals surface area contributed by atoms with Crippen LogP contribution in [0.25, 0.3) is 44.2 Å². The molecule has 0 fully saturated rings. The topological polar surface area (TPSA) is 9.23 Å². The lowest BCUT2D eigenvalue weighted by Crippen LogP contribution is -2.14. The molecule has 0 saturated carbocycles. The van der Waals surface area contributed by atoms with E-state index >= 15 is 0 Å². The Morgan fingerprint density at radius 3 is 2.12 bits per heavy atom. The summed E-state index contributed by atoms with van der Waals surface area (Å²) in [7, 11) is 0. The molecule has 1 aliphatic carbocycles. The van der Waals surface area contributed by atoms with Crippen LogP contribution in [-0.2, 0) is 5.41 Å². The lowest BCUT2D eigenvalue weighted by atomic mass is 9.82. The van der Waals surface area contributed by atoms with Crippen molar-refractivity contribution in [2.24, 2.45) is 0 Å². The first kappa shape index (κ1) is 17.8. The number of para-hydroxylation sites is 1. The van der Waals surface area contributed by atoms with Gasteiger partial charge in [-0.15, -0.1) is 0 Å². The zero-order valence-corrected chi connectivity index (χ0v) is 18.1. The molecule has 0 radical (unpaired) electrons. The van der Waals surface area contributed by atoms with Gasteiger partial charge in [0.15, 0.2) is 0 Å². The van der Waals surface area contributed by atoms with Crippen molar-refractivity contribution in [3.05, 3.63) is 108 Å². The zero-order chi connectivity index (χ0) is 21.4. The third-order valence-electron chi connectivity index (χ3n) is 7.28. The Balaban J connectivity index is 1.58. The number of hydrogen-bond donors (Lipinski definition) is 0. The van der Waals surface area contributed by atoms with Crippen LogP contribution in [0, 0.1) is 0 Å². The van der Waals surface area contributed by atoms with Crippen molar-refractivity contribution in [1.29, 1.82) is 0 Å². The van der Waals surface area contributed by atoms with E-state index < -0.39 is 0 Å². The Morgan fingerprint density at radius 1 is 0.531 bits per heavy atom. The van der Waals surface area contributed by atoms with E-state index in [0.29, 0.717) is 0 Å². The average Bonchev–Trinajstić information content (AvgIpc) is 3.07. The van der Waals surface area contributed by atoms with E-state index in [1.165, 1.54) is 44.2 Å². The Bertz CT molecular complexity index is 1570. The van der Waals surface area contributed by atoms with Crippen LogP contribution in [-0.4, -0.2) is 0 Å².